The molecule has 0 spiro atoms. The van der Waals surface area contributed by atoms with Crippen LogP contribution in [0.5, 0.6) is 0 Å². The second-order valence-corrected chi connectivity index (χ2v) is 3.73. The zero-order valence-electron chi connectivity index (χ0n) is 9.44. The lowest BCUT2D eigenvalue weighted by Gasteiger charge is -2.30. The Kier molecular flexibility index (Phi) is 5.04. The predicted octanol–water partition coefficient (Wildman–Crippen LogP) is 0.282. The lowest BCUT2D eigenvalue weighted by molar-refractivity contribution is -0.142. The van der Waals surface area contributed by atoms with Gasteiger partial charge in [0.05, 0.1) is 13.2 Å². The van der Waals surface area contributed by atoms with E-state index in [1.54, 1.807) is 6.92 Å². The molecule has 0 saturated carbocycles. The van der Waals surface area contributed by atoms with Crippen molar-refractivity contribution in [3.63, 3.8) is 0 Å². The molecular weight excluding hydrogens is 212 g/mol. The molecule has 1 rings (SSSR count). The van der Waals surface area contributed by atoms with E-state index in [0.717, 1.165) is 12.8 Å². The number of nitrogens with one attached hydrogen (secondary N) is 1. The third-order valence-corrected chi connectivity index (χ3v) is 2.61. The maximum atomic E-state index is 11.1. The van der Waals surface area contributed by atoms with Crippen molar-refractivity contribution in [1.29, 1.82) is 0 Å². The van der Waals surface area contributed by atoms with Gasteiger partial charge in [-0.1, -0.05) is 0 Å². The van der Waals surface area contributed by atoms with Crippen molar-refractivity contribution < 1.29 is 19.4 Å². The normalized spacial score (nSPS) is 17.2. The quantitative estimate of drug-likeness (QED) is 0.678. The maximum absolute atomic E-state index is 11.1. The number of esters is 1. The van der Waals surface area contributed by atoms with Crippen LogP contribution in [0.4, 0.5) is 4.79 Å². The highest BCUT2D eigenvalue weighted by atomic mass is 16.5. The number of hydrogen-bond donors (Lipinski definition) is 2. The number of carbonyl (C=O) groups excluding carboxylic acids is 1. The van der Waals surface area contributed by atoms with Crippen molar-refractivity contribution in [3.05, 3.63) is 0 Å². The summed E-state index contributed by atoms with van der Waals surface area (Å²) in [6.07, 6.45) is 0.612. The van der Waals surface area contributed by atoms with Gasteiger partial charge in [-0.3, -0.25) is 4.79 Å². The molecule has 0 radical (unpaired) electrons. The summed E-state index contributed by atoms with van der Waals surface area (Å²) in [5.74, 6) is -0.261. The molecule has 0 atom stereocenters. The fourth-order valence-electron chi connectivity index (χ4n) is 1.71. The molecule has 1 aliphatic rings. The lowest BCUT2D eigenvalue weighted by atomic mass is 10.1. The molecule has 0 aliphatic carbocycles. The number of ether oxygens (including phenoxy) is 1. The number of amides is 1. The summed E-state index contributed by atoms with van der Waals surface area (Å²) >= 11 is 0. The molecule has 0 aromatic rings. The number of hydrogen-bond acceptors (Lipinski definition) is 4. The molecular formula is C10H18N2O4. The summed E-state index contributed by atoms with van der Waals surface area (Å²) < 4.78 is 4.79. The molecule has 0 aromatic heterocycles. The minimum Gasteiger partial charge on any atom is -0.465 e. The van der Waals surface area contributed by atoms with Crippen LogP contribution in [0.1, 0.15) is 19.8 Å². The van der Waals surface area contributed by atoms with Gasteiger partial charge in [0.2, 0.25) is 0 Å². The Labute approximate surface area is 94.6 Å². The third-order valence-electron chi connectivity index (χ3n) is 2.61. The molecule has 6 nitrogen and oxygen atoms in total. The first kappa shape index (κ1) is 12.8. The van der Waals surface area contributed by atoms with Crippen molar-refractivity contribution in [3.8, 4) is 0 Å². The summed E-state index contributed by atoms with van der Waals surface area (Å²) in [5.41, 5.74) is 0. The van der Waals surface area contributed by atoms with Gasteiger partial charge in [-0.15, -0.1) is 0 Å². The number of carbonyl (C=O) groups is 2. The first-order chi connectivity index (χ1) is 7.63. The van der Waals surface area contributed by atoms with Gasteiger partial charge >= 0.3 is 12.1 Å². The van der Waals surface area contributed by atoms with E-state index in [9.17, 15) is 9.59 Å². The molecule has 6 heteroatoms. The van der Waals surface area contributed by atoms with Gasteiger partial charge in [-0.05, 0) is 19.8 Å². The van der Waals surface area contributed by atoms with Crippen molar-refractivity contribution >= 4 is 12.1 Å². The van der Waals surface area contributed by atoms with E-state index in [0.29, 0.717) is 19.7 Å². The zero-order chi connectivity index (χ0) is 12.0. The van der Waals surface area contributed by atoms with E-state index in [4.69, 9.17) is 9.84 Å². The molecule has 1 aliphatic heterocycles. The maximum Gasteiger partial charge on any atom is 0.407 e. The number of carboxylic acid groups (broad SMARTS) is 1. The number of likely N-dealkylation sites (tertiary alicyclic amines) is 1. The Morgan fingerprint density at radius 2 is 2.06 bits per heavy atom. The molecule has 0 aromatic carbocycles. The zero-order valence-corrected chi connectivity index (χ0v) is 9.44. The van der Waals surface area contributed by atoms with Gasteiger partial charge < -0.3 is 20.1 Å². The van der Waals surface area contributed by atoms with E-state index < -0.39 is 6.09 Å². The molecule has 1 amide bonds. The van der Waals surface area contributed by atoms with Gasteiger partial charge in [-0.2, -0.15) is 0 Å². The second-order valence-electron chi connectivity index (χ2n) is 3.73. The van der Waals surface area contributed by atoms with Crippen LogP contribution in [-0.2, 0) is 9.53 Å². The van der Waals surface area contributed by atoms with Crippen molar-refractivity contribution in [2.24, 2.45) is 0 Å². The van der Waals surface area contributed by atoms with Gasteiger partial charge in [0.25, 0.3) is 0 Å². The molecule has 0 unspecified atom stereocenters. The molecule has 0 bridgehead atoms. The smallest absolute Gasteiger partial charge is 0.407 e. The fourth-order valence-corrected chi connectivity index (χ4v) is 1.71. The van der Waals surface area contributed by atoms with Crippen LogP contribution in [0, 0.1) is 0 Å². The molecule has 1 saturated heterocycles. The SMILES string of the molecule is CCOC(=O)CNC1CCN(C(=O)O)CC1. The Morgan fingerprint density at radius 3 is 2.56 bits per heavy atom. The lowest BCUT2D eigenvalue weighted by Crippen LogP contribution is -2.45. The molecule has 2 N–H and O–H groups in total. The van der Waals surface area contributed by atoms with E-state index in [-0.39, 0.29) is 18.6 Å². The number of piperidine rings is 1. The average Bonchev–Trinajstić information content (AvgIpc) is 2.27. The first-order valence-electron chi connectivity index (χ1n) is 5.50. The average molecular weight is 230 g/mol. The van der Waals surface area contributed by atoms with Crippen LogP contribution >= 0.6 is 0 Å². The highest BCUT2D eigenvalue weighted by Gasteiger charge is 2.22. The topological polar surface area (TPSA) is 78.9 Å². The van der Waals surface area contributed by atoms with Crippen LogP contribution in [0.3, 0.4) is 0 Å². The van der Waals surface area contributed by atoms with Crippen LogP contribution < -0.4 is 5.32 Å². The summed E-state index contributed by atoms with van der Waals surface area (Å²) in [4.78, 5) is 23.1. The standard InChI is InChI=1S/C10H18N2O4/c1-2-16-9(13)7-11-8-3-5-12(6-4-8)10(14)15/h8,11H,2-7H2,1H3,(H,14,15). The fraction of sp³-hybridized carbons (Fsp3) is 0.800. The molecule has 1 fully saturated rings. The molecule has 92 valence electrons. The minimum atomic E-state index is -0.871. The Morgan fingerprint density at radius 1 is 1.44 bits per heavy atom. The van der Waals surface area contributed by atoms with E-state index in [1.807, 2.05) is 0 Å². The van der Waals surface area contributed by atoms with Crippen LogP contribution in [0.25, 0.3) is 0 Å². The van der Waals surface area contributed by atoms with Gasteiger partial charge in [-0.25, -0.2) is 4.79 Å². The van der Waals surface area contributed by atoms with Crippen LogP contribution in [0.2, 0.25) is 0 Å². The third kappa shape index (κ3) is 4.06. The summed E-state index contributed by atoms with van der Waals surface area (Å²) in [7, 11) is 0. The molecule has 1 heterocycles. The van der Waals surface area contributed by atoms with E-state index in [1.165, 1.54) is 4.90 Å². The summed E-state index contributed by atoms with van der Waals surface area (Å²) in [6, 6.07) is 0.208. The second kappa shape index (κ2) is 6.32. The summed E-state index contributed by atoms with van der Waals surface area (Å²) in [6.45, 7) is 3.40. The highest BCUT2D eigenvalue weighted by molar-refractivity contribution is 5.71. The Bertz CT molecular complexity index is 249. The minimum absolute atomic E-state index is 0.200. The van der Waals surface area contributed by atoms with Crippen LogP contribution in [0.15, 0.2) is 0 Å². The number of nitrogens with zero attached hydrogens (tertiary/aromatic N) is 1. The highest BCUT2D eigenvalue weighted by Crippen LogP contribution is 2.09. The first-order valence-corrected chi connectivity index (χ1v) is 5.50. The van der Waals surface area contributed by atoms with Gasteiger partial charge in [0.1, 0.15) is 0 Å². The molecule has 16 heavy (non-hydrogen) atoms. The predicted molar refractivity (Wildman–Crippen MR) is 57.3 cm³/mol. The van der Waals surface area contributed by atoms with E-state index >= 15 is 0 Å². The van der Waals surface area contributed by atoms with Crippen molar-refractivity contribution in [2.45, 2.75) is 25.8 Å². The van der Waals surface area contributed by atoms with E-state index in [2.05, 4.69) is 5.32 Å². The monoisotopic (exact) mass is 230 g/mol. The van der Waals surface area contributed by atoms with Gasteiger partial charge in [0.15, 0.2) is 0 Å². The Hall–Kier alpha value is -1.30. The van der Waals surface area contributed by atoms with Crippen molar-refractivity contribution in [1.82, 2.24) is 10.2 Å². The summed E-state index contributed by atoms with van der Waals surface area (Å²) in [5, 5.41) is 11.8. The number of rotatable bonds is 4. The Balaban J connectivity index is 2.17. The largest absolute Gasteiger partial charge is 0.465 e. The van der Waals surface area contributed by atoms with Crippen LogP contribution in [-0.4, -0.2) is 54.4 Å². The van der Waals surface area contributed by atoms with Crippen molar-refractivity contribution in [2.75, 3.05) is 26.2 Å². The van der Waals surface area contributed by atoms with Gasteiger partial charge in [0, 0.05) is 19.1 Å².